The molecule has 0 spiro atoms. The lowest BCUT2D eigenvalue weighted by atomic mass is 10.1. The largest absolute Gasteiger partial charge is 0.493 e. The molecule has 0 aliphatic heterocycles. The van der Waals surface area contributed by atoms with Crippen LogP contribution in [0.15, 0.2) is 42.5 Å². The Kier molecular flexibility index (Phi) is 6.84. The molecule has 26 heavy (non-hydrogen) atoms. The highest BCUT2D eigenvalue weighted by Gasteiger charge is 2.08. The van der Waals surface area contributed by atoms with Gasteiger partial charge in [-0.2, -0.15) is 0 Å². The maximum Gasteiger partial charge on any atom is 0.338 e. The summed E-state index contributed by atoms with van der Waals surface area (Å²) in [5, 5.41) is 5.47. The van der Waals surface area contributed by atoms with Crippen LogP contribution in [0.3, 0.4) is 0 Å². The van der Waals surface area contributed by atoms with Crippen LogP contribution in [-0.2, 0) is 11.3 Å². The monoisotopic (exact) mass is 358 g/mol. The van der Waals surface area contributed by atoms with Gasteiger partial charge in [0.1, 0.15) is 0 Å². The van der Waals surface area contributed by atoms with Gasteiger partial charge in [0.25, 0.3) is 0 Å². The van der Waals surface area contributed by atoms with Crippen LogP contribution in [0, 0.1) is 0 Å². The van der Waals surface area contributed by atoms with E-state index in [2.05, 4.69) is 10.6 Å². The van der Waals surface area contributed by atoms with Gasteiger partial charge in [-0.15, -0.1) is 0 Å². The lowest BCUT2D eigenvalue weighted by molar-refractivity contribution is 0.0526. The first-order valence-electron chi connectivity index (χ1n) is 8.10. The minimum Gasteiger partial charge on any atom is -0.493 e. The molecule has 0 aromatic heterocycles. The molecule has 2 rings (SSSR count). The van der Waals surface area contributed by atoms with Crippen molar-refractivity contribution in [3.05, 3.63) is 53.6 Å². The van der Waals surface area contributed by atoms with Gasteiger partial charge in [0, 0.05) is 18.3 Å². The van der Waals surface area contributed by atoms with Gasteiger partial charge in [-0.3, -0.25) is 0 Å². The third-order valence-corrected chi connectivity index (χ3v) is 3.56. The number of ether oxygens (including phenoxy) is 3. The molecule has 0 aliphatic rings. The fourth-order valence-electron chi connectivity index (χ4n) is 2.24. The van der Waals surface area contributed by atoms with Crippen molar-refractivity contribution in [2.24, 2.45) is 0 Å². The topological polar surface area (TPSA) is 85.9 Å². The van der Waals surface area contributed by atoms with Crippen LogP contribution in [0.1, 0.15) is 22.8 Å². The number of nitrogens with one attached hydrogen (secondary N) is 2. The van der Waals surface area contributed by atoms with Crippen LogP contribution in [0.25, 0.3) is 0 Å². The first-order valence-corrected chi connectivity index (χ1v) is 8.10. The van der Waals surface area contributed by atoms with Gasteiger partial charge in [0.2, 0.25) is 0 Å². The molecule has 0 saturated carbocycles. The molecule has 0 bridgehead atoms. The lowest BCUT2D eigenvalue weighted by Gasteiger charge is -2.11. The minimum atomic E-state index is -0.363. The summed E-state index contributed by atoms with van der Waals surface area (Å²) >= 11 is 0. The van der Waals surface area contributed by atoms with Crippen molar-refractivity contribution in [3.8, 4) is 11.5 Å². The lowest BCUT2D eigenvalue weighted by Crippen LogP contribution is -2.28. The number of hydrogen-bond donors (Lipinski definition) is 2. The number of hydrogen-bond acceptors (Lipinski definition) is 5. The van der Waals surface area contributed by atoms with E-state index < -0.39 is 0 Å². The number of rotatable bonds is 7. The molecule has 0 radical (unpaired) electrons. The number of urea groups is 1. The summed E-state index contributed by atoms with van der Waals surface area (Å²) in [5.41, 5.74) is 1.92. The summed E-state index contributed by atoms with van der Waals surface area (Å²) in [6, 6.07) is 11.6. The molecule has 0 saturated heterocycles. The zero-order valence-electron chi connectivity index (χ0n) is 15.0. The Morgan fingerprint density at radius 1 is 0.962 bits per heavy atom. The first kappa shape index (κ1) is 19.1. The number of amides is 2. The summed E-state index contributed by atoms with van der Waals surface area (Å²) in [6.07, 6.45) is 0. The fourth-order valence-corrected chi connectivity index (χ4v) is 2.24. The Labute approximate surface area is 152 Å². The Morgan fingerprint density at radius 3 is 2.27 bits per heavy atom. The summed E-state index contributed by atoms with van der Waals surface area (Å²) in [7, 11) is 3.08. The van der Waals surface area contributed by atoms with Crippen LogP contribution in [0.5, 0.6) is 11.5 Å². The van der Waals surface area contributed by atoms with Gasteiger partial charge in [-0.05, 0) is 36.8 Å². The van der Waals surface area contributed by atoms with Crippen molar-refractivity contribution in [1.82, 2.24) is 5.32 Å². The molecule has 0 aliphatic carbocycles. The van der Waals surface area contributed by atoms with Crippen LogP contribution >= 0.6 is 0 Å². The van der Waals surface area contributed by atoms with E-state index in [4.69, 9.17) is 14.2 Å². The van der Waals surface area contributed by atoms with Gasteiger partial charge >= 0.3 is 12.0 Å². The molecule has 2 amide bonds. The maximum atomic E-state index is 12.0. The average molecular weight is 358 g/mol. The molecule has 2 aromatic carbocycles. The number of carbonyl (C=O) groups is 2. The molecule has 7 nitrogen and oxygen atoms in total. The van der Waals surface area contributed by atoms with E-state index in [1.54, 1.807) is 56.5 Å². The maximum absolute atomic E-state index is 12.0. The normalized spacial score (nSPS) is 9.96. The van der Waals surface area contributed by atoms with Gasteiger partial charge in [-0.1, -0.05) is 12.1 Å². The molecule has 0 atom stereocenters. The molecule has 0 heterocycles. The van der Waals surface area contributed by atoms with E-state index in [0.717, 1.165) is 5.56 Å². The molecule has 138 valence electrons. The second kappa shape index (κ2) is 9.31. The summed E-state index contributed by atoms with van der Waals surface area (Å²) in [4.78, 5) is 23.6. The second-order valence-electron chi connectivity index (χ2n) is 5.29. The zero-order chi connectivity index (χ0) is 18.9. The van der Waals surface area contributed by atoms with Crippen LogP contribution in [-0.4, -0.2) is 32.8 Å². The fraction of sp³-hybridized carbons (Fsp3) is 0.263. The molecular weight excluding hydrogens is 336 g/mol. The zero-order valence-corrected chi connectivity index (χ0v) is 15.0. The number of carbonyl (C=O) groups excluding carboxylic acids is 2. The van der Waals surface area contributed by atoms with Crippen LogP contribution in [0.2, 0.25) is 0 Å². The summed E-state index contributed by atoms with van der Waals surface area (Å²) in [5.74, 6) is 0.748. The SMILES string of the molecule is CCOC(=O)c1ccc(CNC(=O)Nc2ccc(OC)c(OC)c2)cc1. The average Bonchev–Trinajstić information content (AvgIpc) is 2.66. The molecule has 7 heteroatoms. The van der Waals surface area contributed by atoms with E-state index in [-0.39, 0.29) is 12.0 Å². The Bertz CT molecular complexity index is 759. The van der Waals surface area contributed by atoms with E-state index >= 15 is 0 Å². The van der Waals surface area contributed by atoms with Gasteiger partial charge < -0.3 is 24.8 Å². The van der Waals surface area contributed by atoms with E-state index in [9.17, 15) is 9.59 Å². The first-order chi connectivity index (χ1) is 12.6. The standard InChI is InChI=1S/C19H22N2O5/c1-4-26-18(22)14-7-5-13(6-8-14)12-20-19(23)21-15-9-10-16(24-2)17(11-15)25-3/h5-11H,4,12H2,1-3H3,(H2,20,21,23). The highest BCUT2D eigenvalue weighted by atomic mass is 16.5. The Morgan fingerprint density at radius 2 is 1.65 bits per heavy atom. The molecule has 2 aromatic rings. The van der Waals surface area contributed by atoms with Crippen molar-refractivity contribution in [3.63, 3.8) is 0 Å². The van der Waals surface area contributed by atoms with Crippen LogP contribution in [0.4, 0.5) is 10.5 Å². The van der Waals surface area contributed by atoms with E-state index in [0.29, 0.717) is 35.9 Å². The number of esters is 1. The van der Waals surface area contributed by atoms with Crippen molar-refractivity contribution in [2.75, 3.05) is 26.1 Å². The smallest absolute Gasteiger partial charge is 0.338 e. The van der Waals surface area contributed by atoms with Gasteiger partial charge in [0.05, 0.1) is 26.4 Å². The van der Waals surface area contributed by atoms with Gasteiger partial charge in [0.15, 0.2) is 11.5 Å². The predicted octanol–water partition coefficient (Wildman–Crippen LogP) is 3.20. The minimum absolute atomic E-state index is 0.322. The summed E-state index contributed by atoms with van der Waals surface area (Å²) < 4.78 is 15.3. The number of benzene rings is 2. The Balaban J connectivity index is 1.89. The third-order valence-electron chi connectivity index (χ3n) is 3.56. The second-order valence-corrected chi connectivity index (χ2v) is 5.29. The van der Waals surface area contributed by atoms with Crippen molar-refractivity contribution in [2.45, 2.75) is 13.5 Å². The van der Waals surface area contributed by atoms with Crippen LogP contribution < -0.4 is 20.1 Å². The molecule has 0 unspecified atom stereocenters. The molecule has 2 N–H and O–H groups in total. The van der Waals surface area contributed by atoms with Crippen molar-refractivity contribution in [1.29, 1.82) is 0 Å². The highest BCUT2D eigenvalue weighted by Crippen LogP contribution is 2.29. The number of methoxy groups -OCH3 is 2. The van der Waals surface area contributed by atoms with Crippen molar-refractivity contribution >= 4 is 17.7 Å². The van der Waals surface area contributed by atoms with Crippen molar-refractivity contribution < 1.29 is 23.8 Å². The molecule has 0 fully saturated rings. The molecular formula is C19H22N2O5. The van der Waals surface area contributed by atoms with E-state index in [1.165, 1.54) is 7.11 Å². The van der Waals surface area contributed by atoms with E-state index in [1.807, 2.05) is 0 Å². The summed E-state index contributed by atoms with van der Waals surface area (Å²) in [6.45, 7) is 2.41. The number of anilines is 1. The third kappa shape index (κ3) is 5.14. The van der Waals surface area contributed by atoms with Gasteiger partial charge in [-0.25, -0.2) is 9.59 Å². The Hall–Kier alpha value is -3.22. The quantitative estimate of drug-likeness (QED) is 0.743. The predicted molar refractivity (Wildman–Crippen MR) is 97.8 cm³/mol. The highest BCUT2D eigenvalue weighted by molar-refractivity contribution is 5.90.